The summed E-state index contributed by atoms with van der Waals surface area (Å²) in [4.78, 5) is 23.1. The van der Waals surface area contributed by atoms with E-state index in [1.807, 2.05) is 0 Å². The van der Waals surface area contributed by atoms with E-state index >= 15 is 0 Å². The first-order valence-corrected chi connectivity index (χ1v) is 8.60. The molecule has 0 spiro atoms. The molecule has 0 aliphatic rings. The van der Waals surface area contributed by atoms with E-state index in [1.165, 1.54) is 31.2 Å². The maximum atomic E-state index is 12.0. The summed E-state index contributed by atoms with van der Waals surface area (Å²) in [7, 11) is -3.37. The molecule has 1 aromatic rings. The summed E-state index contributed by atoms with van der Waals surface area (Å²) in [5.41, 5.74) is -0.691. The third-order valence-electron chi connectivity index (χ3n) is 3.45. The van der Waals surface area contributed by atoms with Crippen molar-refractivity contribution in [1.29, 1.82) is 0 Å². The predicted octanol–water partition coefficient (Wildman–Crippen LogP) is 1.71. The first-order chi connectivity index (χ1) is 10.1. The number of nitrogens with one attached hydrogen (secondary N) is 1. The molecule has 122 valence electrons. The van der Waals surface area contributed by atoms with Crippen molar-refractivity contribution < 1.29 is 23.1 Å². The second kappa shape index (κ2) is 6.91. The van der Waals surface area contributed by atoms with Crippen molar-refractivity contribution >= 4 is 21.7 Å². The first kappa shape index (κ1) is 18.2. The SMILES string of the molecule is CCS(=O)(=O)c1cccc(C(=O)NCCC(C)(C)C(=O)O)c1. The molecule has 0 aliphatic carbocycles. The molecule has 0 fully saturated rings. The van der Waals surface area contributed by atoms with Gasteiger partial charge < -0.3 is 10.4 Å². The van der Waals surface area contributed by atoms with Crippen molar-refractivity contribution in [2.45, 2.75) is 32.1 Å². The Morgan fingerprint density at radius 2 is 1.91 bits per heavy atom. The molecular weight excluding hydrogens is 306 g/mol. The van der Waals surface area contributed by atoms with E-state index in [0.29, 0.717) is 0 Å². The number of rotatable bonds is 7. The van der Waals surface area contributed by atoms with Crippen molar-refractivity contribution in [2.24, 2.45) is 5.41 Å². The van der Waals surface area contributed by atoms with Crippen LogP contribution in [0.1, 0.15) is 37.6 Å². The molecule has 0 unspecified atom stereocenters. The van der Waals surface area contributed by atoms with Crippen LogP contribution in [0.4, 0.5) is 0 Å². The molecule has 2 N–H and O–H groups in total. The fourth-order valence-corrected chi connectivity index (χ4v) is 2.62. The van der Waals surface area contributed by atoms with Crippen molar-refractivity contribution in [3.8, 4) is 0 Å². The Kier molecular flexibility index (Phi) is 5.71. The van der Waals surface area contributed by atoms with Gasteiger partial charge in [-0.3, -0.25) is 9.59 Å². The van der Waals surface area contributed by atoms with Crippen molar-refractivity contribution in [3.05, 3.63) is 29.8 Å². The zero-order valence-electron chi connectivity index (χ0n) is 12.9. The summed E-state index contributed by atoms with van der Waals surface area (Å²) < 4.78 is 23.6. The summed E-state index contributed by atoms with van der Waals surface area (Å²) in [6, 6.07) is 5.81. The van der Waals surface area contributed by atoms with E-state index in [9.17, 15) is 18.0 Å². The minimum atomic E-state index is -3.37. The van der Waals surface area contributed by atoms with Gasteiger partial charge in [-0.05, 0) is 38.5 Å². The summed E-state index contributed by atoms with van der Waals surface area (Å²) >= 11 is 0. The number of benzene rings is 1. The summed E-state index contributed by atoms with van der Waals surface area (Å²) in [6.07, 6.45) is 0.279. The Morgan fingerprint density at radius 1 is 1.27 bits per heavy atom. The van der Waals surface area contributed by atoms with Crippen LogP contribution in [0.25, 0.3) is 0 Å². The average Bonchev–Trinajstić information content (AvgIpc) is 2.47. The molecule has 0 atom stereocenters. The minimum Gasteiger partial charge on any atom is -0.481 e. The highest BCUT2D eigenvalue weighted by Gasteiger charge is 2.26. The van der Waals surface area contributed by atoms with Crippen molar-refractivity contribution in [2.75, 3.05) is 12.3 Å². The molecule has 0 saturated carbocycles. The van der Waals surface area contributed by atoms with E-state index in [2.05, 4.69) is 5.32 Å². The summed E-state index contributed by atoms with van der Waals surface area (Å²) in [6.45, 7) is 4.89. The van der Waals surface area contributed by atoms with E-state index in [4.69, 9.17) is 5.11 Å². The maximum absolute atomic E-state index is 12.0. The zero-order chi connectivity index (χ0) is 17.0. The maximum Gasteiger partial charge on any atom is 0.309 e. The molecule has 22 heavy (non-hydrogen) atoms. The number of sulfone groups is 1. The van der Waals surface area contributed by atoms with Crippen LogP contribution in [0.15, 0.2) is 29.2 Å². The fraction of sp³-hybridized carbons (Fsp3) is 0.467. The van der Waals surface area contributed by atoms with E-state index in [1.54, 1.807) is 13.8 Å². The van der Waals surface area contributed by atoms with Gasteiger partial charge in [0.05, 0.1) is 16.1 Å². The van der Waals surface area contributed by atoms with Crippen LogP contribution in [0.3, 0.4) is 0 Å². The van der Waals surface area contributed by atoms with Crippen molar-refractivity contribution in [1.82, 2.24) is 5.32 Å². The Morgan fingerprint density at radius 3 is 2.45 bits per heavy atom. The monoisotopic (exact) mass is 327 g/mol. The van der Waals surface area contributed by atoms with Crippen LogP contribution in [-0.4, -0.2) is 37.7 Å². The standard InChI is InChI=1S/C15H21NO5S/c1-4-22(20,21)12-7-5-6-11(10-12)13(17)16-9-8-15(2,3)14(18)19/h5-7,10H,4,8-9H2,1-3H3,(H,16,17)(H,18,19). The molecule has 1 rings (SSSR count). The topological polar surface area (TPSA) is 101 Å². The van der Waals surface area contributed by atoms with Crippen LogP contribution in [0, 0.1) is 5.41 Å². The number of amides is 1. The zero-order valence-corrected chi connectivity index (χ0v) is 13.7. The van der Waals surface area contributed by atoms with Gasteiger partial charge in [-0.1, -0.05) is 13.0 Å². The van der Waals surface area contributed by atoms with Gasteiger partial charge >= 0.3 is 5.97 Å². The van der Waals surface area contributed by atoms with Gasteiger partial charge in [0.25, 0.3) is 5.91 Å². The lowest BCUT2D eigenvalue weighted by Crippen LogP contribution is -2.32. The molecule has 7 heteroatoms. The Balaban J connectivity index is 2.76. The number of hydrogen-bond acceptors (Lipinski definition) is 4. The fourth-order valence-electron chi connectivity index (χ4n) is 1.69. The average molecular weight is 327 g/mol. The lowest BCUT2D eigenvalue weighted by atomic mass is 9.90. The third-order valence-corrected chi connectivity index (χ3v) is 5.18. The van der Waals surface area contributed by atoms with Crippen LogP contribution in [-0.2, 0) is 14.6 Å². The molecular formula is C15H21NO5S. The quantitative estimate of drug-likeness (QED) is 0.794. The van der Waals surface area contributed by atoms with Crippen LogP contribution < -0.4 is 5.32 Å². The number of carbonyl (C=O) groups is 2. The smallest absolute Gasteiger partial charge is 0.309 e. The van der Waals surface area contributed by atoms with Crippen LogP contribution in [0.5, 0.6) is 0 Å². The van der Waals surface area contributed by atoms with Gasteiger partial charge in [0.2, 0.25) is 0 Å². The van der Waals surface area contributed by atoms with Gasteiger partial charge in [0.15, 0.2) is 9.84 Å². The van der Waals surface area contributed by atoms with Gasteiger partial charge in [0, 0.05) is 12.1 Å². The molecule has 0 aliphatic heterocycles. The normalized spacial score (nSPS) is 12.0. The minimum absolute atomic E-state index is 0.0368. The van der Waals surface area contributed by atoms with E-state index in [0.717, 1.165) is 0 Å². The summed E-state index contributed by atoms with van der Waals surface area (Å²) in [5.74, 6) is -1.39. The molecule has 1 aromatic carbocycles. The molecule has 0 saturated heterocycles. The summed E-state index contributed by atoms with van der Waals surface area (Å²) in [5, 5.41) is 11.6. The van der Waals surface area contributed by atoms with Gasteiger partial charge in [-0.15, -0.1) is 0 Å². The molecule has 0 bridgehead atoms. The largest absolute Gasteiger partial charge is 0.481 e. The highest BCUT2D eigenvalue weighted by Crippen LogP contribution is 2.19. The van der Waals surface area contributed by atoms with Crippen LogP contribution in [0.2, 0.25) is 0 Å². The van der Waals surface area contributed by atoms with Gasteiger partial charge in [0.1, 0.15) is 0 Å². The lowest BCUT2D eigenvalue weighted by Gasteiger charge is -2.18. The number of hydrogen-bond donors (Lipinski definition) is 2. The highest BCUT2D eigenvalue weighted by atomic mass is 32.2. The highest BCUT2D eigenvalue weighted by molar-refractivity contribution is 7.91. The van der Waals surface area contributed by atoms with Crippen LogP contribution >= 0.6 is 0 Å². The Bertz CT molecular complexity index is 664. The molecule has 0 heterocycles. The Labute approximate surface area is 130 Å². The third kappa shape index (κ3) is 4.56. The van der Waals surface area contributed by atoms with E-state index in [-0.39, 0.29) is 29.2 Å². The first-order valence-electron chi connectivity index (χ1n) is 6.94. The van der Waals surface area contributed by atoms with E-state index < -0.39 is 27.1 Å². The number of carboxylic acid groups (broad SMARTS) is 1. The Hall–Kier alpha value is -1.89. The number of aliphatic carboxylic acids is 1. The number of carbonyl (C=O) groups excluding carboxylic acids is 1. The molecule has 0 radical (unpaired) electrons. The second-order valence-electron chi connectivity index (χ2n) is 5.63. The molecule has 1 amide bonds. The molecule has 6 nitrogen and oxygen atoms in total. The number of carboxylic acids is 1. The predicted molar refractivity (Wildman–Crippen MR) is 82.5 cm³/mol. The van der Waals surface area contributed by atoms with Gasteiger partial charge in [-0.2, -0.15) is 0 Å². The van der Waals surface area contributed by atoms with Gasteiger partial charge in [-0.25, -0.2) is 8.42 Å². The second-order valence-corrected chi connectivity index (χ2v) is 7.90. The lowest BCUT2D eigenvalue weighted by molar-refractivity contribution is -0.147. The molecule has 0 aromatic heterocycles. The van der Waals surface area contributed by atoms with Crippen molar-refractivity contribution in [3.63, 3.8) is 0 Å².